The second-order valence-corrected chi connectivity index (χ2v) is 12.2. The number of para-hydroxylation sites is 1. The van der Waals surface area contributed by atoms with Gasteiger partial charge < -0.3 is 26.1 Å². The summed E-state index contributed by atoms with van der Waals surface area (Å²) in [6.07, 6.45) is 4.35. The van der Waals surface area contributed by atoms with E-state index in [-0.39, 0.29) is 16.6 Å². The highest BCUT2D eigenvalue weighted by Crippen LogP contribution is 2.55. The van der Waals surface area contributed by atoms with E-state index in [9.17, 15) is 0 Å². The molecule has 6 atom stereocenters. The van der Waals surface area contributed by atoms with Crippen molar-refractivity contribution in [3.63, 3.8) is 0 Å². The first-order chi connectivity index (χ1) is 19.6. The first kappa shape index (κ1) is 26.2. The van der Waals surface area contributed by atoms with Crippen LogP contribution in [0, 0.1) is 5.21 Å². The zero-order valence-electron chi connectivity index (χ0n) is 23.9. The number of fused-ring (bicyclic) bond motifs is 4. The highest BCUT2D eigenvalue weighted by Gasteiger charge is 2.50. The van der Waals surface area contributed by atoms with E-state index < -0.39 is 0 Å². The van der Waals surface area contributed by atoms with Crippen molar-refractivity contribution >= 4 is 22.7 Å². The zero-order chi connectivity index (χ0) is 27.3. The van der Waals surface area contributed by atoms with Gasteiger partial charge in [-0.3, -0.25) is 4.65 Å². The van der Waals surface area contributed by atoms with Crippen LogP contribution >= 0.6 is 0 Å². The summed E-state index contributed by atoms with van der Waals surface area (Å²) in [6, 6.07) is 25.0. The lowest BCUT2D eigenvalue weighted by molar-refractivity contribution is 0.291. The summed E-state index contributed by atoms with van der Waals surface area (Å²) in [6.45, 7) is 9.29. The van der Waals surface area contributed by atoms with Gasteiger partial charge in [-0.15, -0.1) is 0 Å². The molecule has 0 bridgehead atoms. The summed E-state index contributed by atoms with van der Waals surface area (Å²) in [5.74, 6) is 0.754. The van der Waals surface area contributed by atoms with E-state index in [1.54, 1.807) is 0 Å². The standard InChI is InChI=1S/C34H43N5O/c1-3-7-31-26(4-2)27-8-5-6-9-32(27)38(31)24-12-15-33-28(20-24)29-21-35-17-16-34(29)39(33,40)25-13-10-23(11-14-25)30-22-36-18-19-37-30/h5-6,8-15,20,26,29-31,34-37H,3-4,7,16-19,21-22H2,1-2H3. The van der Waals surface area contributed by atoms with E-state index in [2.05, 4.69) is 101 Å². The van der Waals surface area contributed by atoms with E-state index in [0.717, 1.165) is 69.8 Å². The fourth-order valence-corrected chi connectivity index (χ4v) is 8.25. The van der Waals surface area contributed by atoms with Crippen LogP contribution in [0.1, 0.15) is 74.1 Å². The van der Waals surface area contributed by atoms with Crippen LogP contribution in [0.5, 0.6) is 0 Å². The number of benzene rings is 3. The number of piperazine rings is 1. The van der Waals surface area contributed by atoms with Gasteiger partial charge in [0, 0.05) is 92.3 Å². The Balaban J connectivity index is 1.29. The first-order valence-electron chi connectivity index (χ1n) is 15.5. The lowest BCUT2D eigenvalue weighted by atomic mass is 9.89. The number of hydroxylamine groups is 1. The number of piperidine rings is 1. The number of nitrogens with one attached hydrogen (secondary N) is 3. The molecular formula is C34H43N5O. The summed E-state index contributed by atoms with van der Waals surface area (Å²) in [5, 5.41) is 25.8. The molecule has 6 unspecified atom stereocenters. The predicted molar refractivity (Wildman–Crippen MR) is 166 cm³/mol. The maximum atomic E-state index is 15.1. The van der Waals surface area contributed by atoms with Crippen molar-refractivity contribution in [3.8, 4) is 0 Å². The predicted octanol–water partition coefficient (Wildman–Crippen LogP) is 6.33. The average molecular weight is 538 g/mol. The quantitative estimate of drug-likeness (QED) is 0.253. The van der Waals surface area contributed by atoms with Crippen LogP contribution in [0.2, 0.25) is 0 Å². The molecule has 3 N–H and O–H groups in total. The van der Waals surface area contributed by atoms with Crippen molar-refractivity contribution in [1.82, 2.24) is 20.6 Å². The third-order valence-corrected chi connectivity index (χ3v) is 10.1. The van der Waals surface area contributed by atoms with Gasteiger partial charge in [0.25, 0.3) is 0 Å². The van der Waals surface area contributed by atoms with Crippen LogP contribution in [-0.2, 0) is 0 Å². The van der Waals surface area contributed by atoms with Gasteiger partial charge in [0.15, 0.2) is 0 Å². The number of hydrogen-bond donors (Lipinski definition) is 3. The Labute approximate surface area is 238 Å². The molecule has 0 aliphatic carbocycles. The molecule has 3 aromatic carbocycles. The van der Waals surface area contributed by atoms with Crippen molar-refractivity contribution in [2.45, 2.75) is 69.5 Å². The Hall–Kier alpha value is -2.74. The molecule has 0 saturated carbocycles. The summed E-state index contributed by atoms with van der Waals surface area (Å²) in [7, 11) is 0. The molecule has 0 radical (unpaired) electrons. The molecular weight excluding hydrogens is 494 g/mol. The molecule has 6 nitrogen and oxygen atoms in total. The summed E-state index contributed by atoms with van der Waals surface area (Å²) >= 11 is 0. The fourth-order valence-electron chi connectivity index (χ4n) is 8.25. The molecule has 6 heteroatoms. The van der Waals surface area contributed by atoms with E-state index in [4.69, 9.17) is 0 Å². The topological polar surface area (TPSA) is 62.4 Å². The SMILES string of the molecule is CCCC1C(CC)c2ccccc2N1c1ccc2c(c1)C1CNCCC1[N+]2([O-])c1ccc(C2CNCCN2)cc1. The van der Waals surface area contributed by atoms with Crippen LogP contribution in [0.4, 0.5) is 22.7 Å². The number of hydrogen-bond acceptors (Lipinski definition) is 5. The van der Waals surface area contributed by atoms with E-state index in [1.807, 2.05) is 0 Å². The fraction of sp³-hybridized carbons (Fsp3) is 0.471. The molecule has 3 aromatic rings. The molecule has 0 aromatic heterocycles. The largest absolute Gasteiger partial charge is 0.622 e. The highest BCUT2D eigenvalue weighted by molar-refractivity contribution is 5.78. The van der Waals surface area contributed by atoms with Gasteiger partial charge in [0.05, 0.1) is 5.92 Å². The molecule has 0 spiro atoms. The molecule has 4 aliphatic heterocycles. The third-order valence-electron chi connectivity index (χ3n) is 10.1. The summed E-state index contributed by atoms with van der Waals surface area (Å²) < 4.78 is -0.342. The lowest BCUT2D eigenvalue weighted by Crippen LogP contribution is -2.51. The van der Waals surface area contributed by atoms with Gasteiger partial charge in [-0.05, 0) is 42.2 Å². The molecule has 40 heavy (non-hydrogen) atoms. The Morgan fingerprint density at radius 2 is 1.73 bits per heavy atom. The maximum Gasteiger partial charge on any atom is 0.142 e. The zero-order valence-corrected chi connectivity index (χ0v) is 23.9. The van der Waals surface area contributed by atoms with E-state index in [1.165, 1.54) is 28.1 Å². The number of quaternary nitrogens is 1. The van der Waals surface area contributed by atoms with E-state index in [0.29, 0.717) is 18.0 Å². The second kappa shape index (κ2) is 10.6. The van der Waals surface area contributed by atoms with Gasteiger partial charge in [-0.2, -0.15) is 0 Å². The average Bonchev–Trinajstić information content (AvgIpc) is 3.47. The molecule has 4 heterocycles. The molecule has 7 rings (SSSR count). The minimum Gasteiger partial charge on any atom is -0.622 e. The van der Waals surface area contributed by atoms with Gasteiger partial charge in [-0.1, -0.05) is 50.6 Å². The normalized spacial score (nSPS) is 31.1. The van der Waals surface area contributed by atoms with Crippen LogP contribution in [0.25, 0.3) is 0 Å². The maximum absolute atomic E-state index is 15.1. The molecule has 2 saturated heterocycles. The smallest absolute Gasteiger partial charge is 0.142 e. The third kappa shape index (κ3) is 4.04. The van der Waals surface area contributed by atoms with Crippen molar-refractivity contribution in [1.29, 1.82) is 0 Å². The summed E-state index contributed by atoms with van der Waals surface area (Å²) in [5.41, 5.74) is 8.33. The van der Waals surface area contributed by atoms with Crippen LogP contribution in [-0.4, -0.2) is 44.8 Å². The minimum atomic E-state index is -0.342. The number of anilines is 2. The Bertz CT molecular complexity index is 1350. The van der Waals surface area contributed by atoms with Gasteiger partial charge in [0.1, 0.15) is 17.4 Å². The monoisotopic (exact) mass is 537 g/mol. The van der Waals surface area contributed by atoms with Gasteiger partial charge in [-0.25, -0.2) is 0 Å². The number of nitrogens with zero attached hydrogens (tertiary/aromatic N) is 2. The Kier molecular flexibility index (Phi) is 6.93. The summed E-state index contributed by atoms with van der Waals surface area (Å²) in [4.78, 5) is 2.59. The molecule has 4 aliphatic rings. The van der Waals surface area contributed by atoms with Crippen LogP contribution in [0.3, 0.4) is 0 Å². The van der Waals surface area contributed by atoms with Crippen molar-refractivity contribution in [2.75, 3.05) is 37.6 Å². The number of rotatable bonds is 6. The van der Waals surface area contributed by atoms with Crippen molar-refractivity contribution < 1.29 is 0 Å². The first-order valence-corrected chi connectivity index (χ1v) is 15.5. The Morgan fingerprint density at radius 1 is 0.900 bits per heavy atom. The van der Waals surface area contributed by atoms with Crippen molar-refractivity contribution in [3.05, 3.63) is 88.6 Å². The van der Waals surface area contributed by atoms with Crippen LogP contribution in [0.15, 0.2) is 66.7 Å². The van der Waals surface area contributed by atoms with E-state index >= 15 is 5.21 Å². The lowest BCUT2D eigenvalue weighted by Gasteiger charge is -2.46. The van der Waals surface area contributed by atoms with Crippen molar-refractivity contribution in [2.24, 2.45) is 0 Å². The minimum absolute atomic E-state index is 0.00696. The van der Waals surface area contributed by atoms with Crippen LogP contribution < -0.4 is 25.5 Å². The second-order valence-electron chi connectivity index (χ2n) is 12.2. The highest BCUT2D eigenvalue weighted by atomic mass is 16.6. The van der Waals surface area contributed by atoms with Gasteiger partial charge >= 0.3 is 0 Å². The molecule has 0 amide bonds. The van der Waals surface area contributed by atoms with Gasteiger partial charge in [0.2, 0.25) is 0 Å². The molecule has 210 valence electrons. The molecule has 2 fully saturated rings. The Morgan fingerprint density at radius 3 is 2.50 bits per heavy atom.